The second kappa shape index (κ2) is 8.74. The van der Waals surface area contributed by atoms with Gasteiger partial charge in [0.05, 0.1) is 26.6 Å². The quantitative estimate of drug-likeness (QED) is 0.325. The van der Waals surface area contributed by atoms with E-state index < -0.39 is 0 Å². The third-order valence-electron chi connectivity index (χ3n) is 2.34. The highest BCUT2D eigenvalue weighted by Gasteiger charge is 2.09. The van der Waals surface area contributed by atoms with Crippen molar-refractivity contribution in [3.05, 3.63) is 23.3 Å². The van der Waals surface area contributed by atoms with Gasteiger partial charge in [-0.25, -0.2) is 0 Å². The molecule has 0 spiro atoms. The molecule has 1 rings (SSSR count). The van der Waals surface area contributed by atoms with E-state index in [0.717, 1.165) is 0 Å². The molecule has 0 heterocycles. The Morgan fingerprint density at radius 3 is 1.59 bits per heavy atom. The summed E-state index contributed by atoms with van der Waals surface area (Å²) in [6.07, 6.45) is 3.02. The van der Waals surface area contributed by atoms with E-state index in [0.29, 0.717) is 22.6 Å². The van der Waals surface area contributed by atoms with Crippen LogP contribution in [-0.4, -0.2) is 36.9 Å². The van der Waals surface area contributed by atoms with E-state index >= 15 is 0 Å². The zero-order valence-corrected chi connectivity index (χ0v) is 13.6. The maximum atomic E-state index is 5.30. The Morgan fingerprint density at radius 1 is 0.955 bits per heavy atom. The standard InChI is InChI=1S/C12H16N6O2S2/c1-19-9-3-8(6-16-18-12(14)22)10(20-2)4-7(9)5-15-17-11(13)21/h3-6H,1-2H3,(H3,13,17,21)(H3,14,18,22)/b15-5-,16-6-. The smallest absolute Gasteiger partial charge is 0.184 e. The number of hydrogen-bond donors (Lipinski definition) is 4. The molecular formula is C12H16N6O2S2. The van der Waals surface area contributed by atoms with Crippen molar-refractivity contribution in [3.63, 3.8) is 0 Å². The molecule has 0 aromatic heterocycles. The molecule has 0 atom stereocenters. The average Bonchev–Trinajstić information content (AvgIpc) is 2.47. The van der Waals surface area contributed by atoms with E-state index in [9.17, 15) is 0 Å². The van der Waals surface area contributed by atoms with Crippen LogP contribution in [0, 0.1) is 0 Å². The van der Waals surface area contributed by atoms with Gasteiger partial charge in [0.2, 0.25) is 0 Å². The van der Waals surface area contributed by atoms with Crippen molar-refractivity contribution in [2.24, 2.45) is 21.7 Å². The number of nitrogens with one attached hydrogen (secondary N) is 2. The Morgan fingerprint density at radius 2 is 1.32 bits per heavy atom. The summed E-state index contributed by atoms with van der Waals surface area (Å²) in [4.78, 5) is 0. The Labute approximate surface area is 138 Å². The lowest BCUT2D eigenvalue weighted by atomic mass is 10.1. The maximum absolute atomic E-state index is 5.30. The molecule has 10 heteroatoms. The highest BCUT2D eigenvalue weighted by atomic mass is 32.1. The lowest BCUT2D eigenvalue weighted by molar-refractivity contribution is 0.402. The van der Waals surface area contributed by atoms with Gasteiger partial charge >= 0.3 is 0 Å². The highest BCUT2D eigenvalue weighted by Crippen LogP contribution is 2.26. The minimum Gasteiger partial charge on any atom is -0.496 e. The number of methoxy groups -OCH3 is 2. The van der Waals surface area contributed by atoms with Crippen LogP contribution in [0.5, 0.6) is 11.5 Å². The topological polar surface area (TPSA) is 119 Å². The number of benzene rings is 1. The molecule has 0 aliphatic heterocycles. The molecule has 0 saturated heterocycles. The number of thiocarbonyl (C=S) groups is 2. The largest absolute Gasteiger partial charge is 0.496 e. The first-order chi connectivity index (χ1) is 10.5. The molecule has 0 aliphatic rings. The molecule has 0 bridgehead atoms. The van der Waals surface area contributed by atoms with Gasteiger partial charge in [0.15, 0.2) is 10.2 Å². The molecule has 22 heavy (non-hydrogen) atoms. The molecular weight excluding hydrogens is 324 g/mol. The highest BCUT2D eigenvalue weighted by molar-refractivity contribution is 7.80. The van der Waals surface area contributed by atoms with Gasteiger partial charge in [0, 0.05) is 11.1 Å². The molecule has 8 nitrogen and oxygen atoms in total. The zero-order chi connectivity index (χ0) is 16.5. The fraction of sp³-hybridized carbons (Fsp3) is 0.167. The first kappa shape index (κ1) is 17.6. The summed E-state index contributed by atoms with van der Waals surface area (Å²) in [5, 5.41) is 7.90. The van der Waals surface area contributed by atoms with Crippen LogP contribution in [0.15, 0.2) is 22.3 Å². The first-order valence-electron chi connectivity index (χ1n) is 5.91. The van der Waals surface area contributed by atoms with Gasteiger partial charge in [-0.15, -0.1) is 0 Å². The SMILES string of the molecule is COc1cc(/C=N\NC(N)=S)c(OC)cc1/C=N\NC(N)=S. The summed E-state index contributed by atoms with van der Waals surface area (Å²) >= 11 is 9.32. The van der Waals surface area contributed by atoms with Gasteiger partial charge in [-0.1, -0.05) is 0 Å². The molecule has 0 saturated carbocycles. The lowest BCUT2D eigenvalue weighted by Gasteiger charge is -2.10. The van der Waals surface area contributed by atoms with Crippen molar-refractivity contribution in [2.75, 3.05) is 14.2 Å². The average molecular weight is 340 g/mol. The molecule has 0 unspecified atom stereocenters. The van der Waals surface area contributed by atoms with E-state index in [1.54, 1.807) is 12.1 Å². The van der Waals surface area contributed by atoms with Crippen LogP contribution in [0.25, 0.3) is 0 Å². The predicted molar refractivity (Wildman–Crippen MR) is 94.6 cm³/mol. The van der Waals surface area contributed by atoms with E-state index in [2.05, 4.69) is 45.5 Å². The number of nitrogens with two attached hydrogens (primary N) is 2. The van der Waals surface area contributed by atoms with Crippen molar-refractivity contribution in [1.29, 1.82) is 0 Å². The monoisotopic (exact) mass is 340 g/mol. The molecule has 1 aromatic carbocycles. The third kappa shape index (κ3) is 5.50. The molecule has 0 fully saturated rings. The van der Waals surface area contributed by atoms with Crippen molar-refractivity contribution in [2.45, 2.75) is 0 Å². The molecule has 0 radical (unpaired) electrons. The minimum atomic E-state index is 0.0646. The summed E-state index contributed by atoms with van der Waals surface area (Å²) in [7, 11) is 3.07. The molecule has 0 amide bonds. The summed E-state index contributed by atoms with van der Waals surface area (Å²) in [6.45, 7) is 0. The molecule has 0 aliphatic carbocycles. The minimum absolute atomic E-state index is 0.0646. The predicted octanol–water partition coefficient (Wildman–Crippen LogP) is 0.0380. The fourth-order valence-corrected chi connectivity index (χ4v) is 1.58. The summed E-state index contributed by atoms with van der Waals surface area (Å²) in [6, 6.07) is 3.46. The van der Waals surface area contributed by atoms with Crippen LogP contribution in [0.1, 0.15) is 11.1 Å². The zero-order valence-electron chi connectivity index (χ0n) is 12.0. The van der Waals surface area contributed by atoms with E-state index in [-0.39, 0.29) is 10.2 Å². The number of rotatable bonds is 6. The maximum Gasteiger partial charge on any atom is 0.184 e. The van der Waals surface area contributed by atoms with Gasteiger partial charge in [0.1, 0.15) is 11.5 Å². The molecule has 6 N–H and O–H groups in total. The Bertz CT molecular complexity index is 564. The van der Waals surface area contributed by atoms with Crippen LogP contribution < -0.4 is 31.8 Å². The van der Waals surface area contributed by atoms with Crippen LogP contribution in [0.3, 0.4) is 0 Å². The third-order valence-corrected chi connectivity index (χ3v) is 2.52. The van der Waals surface area contributed by atoms with Crippen LogP contribution in [0.4, 0.5) is 0 Å². The van der Waals surface area contributed by atoms with E-state index in [4.69, 9.17) is 20.9 Å². The lowest BCUT2D eigenvalue weighted by Crippen LogP contribution is -2.24. The Hall–Kier alpha value is -2.46. The van der Waals surface area contributed by atoms with Gasteiger partial charge in [-0.2, -0.15) is 10.2 Å². The number of ether oxygens (including phenoxy) is 2. The van der Waals surface area contributed by atoms with Crippen LogP contribution in [0.2, 0.25) is 0 Å². The Balaban J connectivity index is 3.11. The first-order valence-corrected chi connectivity index (χ1v) is 6.72. The number of nitrogens with zero attached hydrogens (tertiary/aromatic N) is 2. The van der Waals surface area contributed by atoms with Gasteiger partial charge < -0.3 is 20.9 Å². The Kier molecular flexibility index (Phi) is 6.99. The molecule has 118 valence electrons. The summed E-state index contributed by atoms with van der Waals surface area (Å²) in [5.74, 6) is 1.12. The van der Waals surface area contributed by atoms with E-state index in [1.165, 1.54) is 26.6 Å². The van der Waals surface area contributed by atoms with Gasteiger partial charge in [-0.05, 0) is 36.6 Å². The second-order valence-electron chi connectivity index (χ2n) is 3.80. The summed E-state index contributed by atoms with van der Waals surface area (Å²) in [5.41, 5.74) is 16.8. The van der Waals surface area contributed by atoms with Crippen molar-refractivity contribution in [1.82, 2.24) is 10.9 Å². The van der Waals surface area contributed by atoms with E-state index in [1.807, 2.05) is 0 Å². The van der Waals surface area contributed by atoms with Crippen molar-refractivity contribution in [3.8, 4) is 11.5 Å². The van der Waals surface area contributed by atoms with Gasteiger partial charge in [-0.3, -0.25) is 10.9 Å². The fourth-order valence-electron chi connectivity index (χ4n) is 1.48. The van der Waals surface area contributed by atoms with Crippen molar-refractivity contribution >= 4 is 47.1 Å². The second-order valence-corrected chi connectivity index (χ2v) is 4.68. The van der Waals surface area contributed by atoms with Crippen LogP contribution >= 0.6 is 24.4 Å². The number of hydrogen-bond acceptors (Lipinski definition) is 6. The summed E-state index contributed by atoms with van der Waals surface area (Å²) < 4.78 is 10.6. The molecule has 1 aromatic rings. The normalized spacial score (nSPS) is 10.6. The van der Waals surface area contributed by atoms with Crippen molar-refractivity contribution < 1.29 is 9.47 Å². The van der Waals surface area contributed by atoms with Gasteiger partial charge in [0.25, 0.3) is 0 Å². The number of hydrazone groups is 2. The van der Waals surface area contributed by atoms with Crippen LogP contribution in [-0.2, 0) is 0 Å².